The van der Waals surface area contributed by atoms with Crippen molar-refractivity contribution in [2.75, 3.05) is 0 Å². The van der Waals surface area contributed by atoms with E-state index >= 15 is 0 Å². The van der Waals surface area contributed by atoms with Crippen molar-refractivity contribution in [3.8, 4) is 0 Å². The minimum Gasteiger partial charge on any atom is -0.306 e. The van der Waals surface area contributed by atoms with Gasteiger partial charge in [-0.05, 0) is 27.4 Å². The summed E-state index contributed by atoms with van der Waals surface area (Å²) in [5.74, 6) is -0.0748. The van der Waals surface area contributed by atoms with Gasteiger partial charge in [0.2, 0.25) is 0 Å². The normalized spacial score (nSPS) is 10.8. The largest absolute Gasteiger partial charge is 0.306 e. The number of thiophene rings is 1. The van der Waals surface area contributed by atoms with Crippen LogP contribution in [0.1, 0.15) is 10.4 Å². The molecule has 0 amide bonds. The van der Waals surface area contributed by atoms with Gasteiger partial charge >= 0.3 is 0 Å². The second kappa shape index (κ2) is 5.34. The summed E-state index contributed by atoms with van der Waals surface area (Å²) in [7, 11) is 0. The minimum atomic E-state index is -0.131. The van der Waals surface area contributed by atoms with Crippen molar-refractivity contribution >= 4 is 43.1 Å². The van der Waals surface area contributed by atoms with Crippen molar-refractivity contribution in [2.45, 2.75) is 6.54 Å². The molecule has 0 fully saturated rings. The van der Waals surface area contributed by atoms with E-state index in [1.807, 2.05) is 23.6 Å². The quantitative estimate of drug-likeness (QED) is 0.677. The zero-order valence-corrected chi connectivity index (χ0v) is 12.8. The predicted octanol–water partition coefficient (Wildman–Crippen LogP) is 3.71. The molecule has 0 spiro atoms. The first kappa shape index (κ1) is 13.3. The highest BCUT2D eigenvalue weighted by atomic mass is 79.9. The summed E-state index contributed by atoms with van der Waals surface area (Å²) in [4.78, 5) is 24.5. The van der Waals surface area contributed by atoms with Crippen LogP contribution in [0.3, 0.4) is 0 Å². The number of carbonyl (C=O) groups excluding carboxylic acids is 1. The lowest BCUT2D eigenvalue weighted by molar-refractivity contribution is 0.0971. The average molecular weight is 348 g/mol. The maximum atomic E-state index is 12.3. The third kappa shape index (κ3) is 2.34. The molecule has 0 aliphatic rings. The topological polar surface area (TPSA) is 39.1 Å². The number of pyridine rings is 1. The number of Topliss-reactive ketones (excluding diaryl/α,β-unsaturated/α-hetero) is 1. The molecule has 3 aromatic rings. The number of benzene rings is 1. The first-order valence-corrected chi connectivity index (χ1v) is 7.68. The Morgan fingerprint density at radius 3 is 2.70 bits per heavy atom. The summed E-state index contributed by atoms with van der Waals surface area (Å²) >= 11 is 4.95. The molecule has 0 radical (unpaired) electrons. The Morgan fingerprint density at radius 1 is 1.20 bits per heavy atom. The van der Waals surface area contributed by atoms with Gasteiger partial charge in [0.25, 0.3) is 5.56 Å². The third-order valence-corrected chi connectivity index (χ3v) is 4.86. The number of hydrogen-bond acceptors (Lipinski definition) is 3. The molecule has 0 saturated carbocycles. The number of halogens is 1. The molecule has 2 heterocycles. The van der Waals surface area contributed by atoms with Gasteiger partial charge in [0.15, 0.2) is 5.78 Å². The number of rotatable bonds is 3. The Hall–Kier alpha value is -1.72. The lowest BCUT2D eigenvalue weighted by Gasteiger charge is -2.06. The van der Waals surface area contributed by atoms with Gasteiger partial charge in [-0.3, -0.25) is 9.59 Å². The Morgan fingerprint density at radius 2 is 1.95 bits per heavy atom. The molecule has 0 N–H and O–H groups in total. The van der Waals surface area contributed by atoms with E-state index < -0.39 is 0 Å². The molecule has 1 aromatic carbocycles. The maximum Gasteiger partial charge on any atom is 0.259 e. The van der Waals surface area contributed by atoms with Crippen LogP contribution in [0.2, 0.25) is 0 Å². The zero-order chi connectivity index (χ0) is 14.1. The maximum absolute atomic E-state index is 12.3. The number of ketones is 1. The highest BCUT2D eigenvalue weighted by molar-refractivity contribution is 9.10. The van der Waals surface area contributed by atoms with Gasteiger partial charge in [-0.25, -0.2) is 0 Å². The molecule has 3 nitrogen and oxygen atoms in total. The first-order chi connectivity index (χ1) is 9.66. The van der Waals surface area contributed by atoms with E-state index in [9.17, 15) is 9.59 Å². The summed E-state index contributed by atoms with van der Waals surface area (Å²) in [6.45, 7) is 0.0488. The van der Waals surface area contributed by atoms with Gasteiger partial charge in [-0.1, -0.05) is 30.3 Å². The fourth-order valence-electron chi connectivity index (χ4n) is 2.06. The molecule has 0 aliphatic carbocycles. The molecule has 0 unspecified atom stereocenters. The summed E-state index contributed by atoms with van der Waals surface area (Å²) in [6.07, 6.45) is 1.68. The van der Waals surface area contributed by atoms with Crippen LogP contribution in [0.15, 0.2) is 57.2 Å². The molecule has 0 aliphatic heterocycles. The lowest BCUT2D eigenvalue weighted by atomic mass is 10.1. The van der Waals surface area contributed by atoms with Gasteiger partial charge in [0.1, 0.15) is 0 Å². The average Bonchev–Trinajstić information content (AvgIpc) is 2.95. The Bertz CT molecular complexity index is 836. The van der Waals surface area contributed by atoms with Crippen LogP contribution in [0, 0.1) is 0 Å². The summed E-state index contributed by atoms with van der Waals surface area (Å²) < 4.78 is 3.20. The second-order valence-electron chi connectivity index (χ2n) is 4.36. The van der Waals surface area contributed by atoms with Crippen LogP contribution in [-0.2, 0) is 6.54 Å². The minimum absolute atomic E-state index is 0.0488. The van der Waals surface area contributed by atoms with Crippen LogP contribution in [0.5, 0.6) is 0 Å². The molecule has 2 aromatic heterocycles. The van der Waals surface area contributed by atoms with Crippen LogP contribution in [-0.4, -0.2) is 10.4 Å². The number of nitrogens with zero attached hydrogens (tertiary/aromatic N) is 1. The van der Waals surface area contributed by atoms with E-state index in [-0.39, 0.29) is 17.9 Å². The van der Waals surface area contributed by atoms with Gasteiger partial charge in [0.05, 0.1) is 21.1 Å². The highest BCUT2D eigenvalue weighted by Gasteiger charge is 2.12. The van der Waals surface area contributed by atoms with Gasteiger partial charge in [-0.2, -0.15) is 0 Å². The third-order valence-electron chi connectivity index (χ3n) is 3.05. The van der Waals surface area contributed by atoms with Crippen LogP contribution >= 0.6 is 27.3 Å². The van der Waals surface area contributed by atoms with E-state index in [2.05, 4.69) is 15.9 Å². The van der Waals surface area contributed by atoms with Crippen LogP contribution in [0.4, 0.5) is 0 Å². The first-order valence-electron chi connectivity index (χ1n) is 6.01. The summed E-state index contributed by atoms with van der Waals surface area (Å²) in [5.41, 5.74) is 0.481. The highest BCUT2D eigenvalue weighted by Crippen LogP contribution is 2.26. The van der Waals surface area contributed by atoms with Crippen molar-refractivity contribution in [1.29, 1.82) is 0 Å². The number of fused-ring (bicyclic) bond motifs is 1. The van der Waals surface area contributed by atoms with E-state index in [0.29, 0.717) is 10.9 Å². The summed E-state index contributed by atoms with van der Waals surface area (Å²) in [6, 6.07) is 10.8. The summed E-state index contributed by atoms with van der Waals surface area (Å²) in [5, 5.41) is 2.52. The number of hydrogen-bond donors (Lipinski definition) is 0. The molecule has 0 atom stereocenters. The standard InChI is InChI=1S/C15H10BrNO2S/c16-12-8-17(15(19)11-6-7-20-14(11)12)9-13(18)10-4-2-1-3-5-10/h1-8H,9H2. The molecule has 3 rings (SSSR count). The second-order valence-corrected chi connectivity index (χ2v) is 6.13. The molecule has 0 bridgehead atoms. The Labute approximate surface area is 127 Å². The van der Waals surface area contributed by atoms with Gasteiger partial charge < -0.3 is 4.57 Å². The van der Waals surface area contributed by atoms with Crippen molar-refractivity contribution in [3.63, 3.8) is 0 Å². The smallest absolute Gasteiger partial charge is 0.259 e. The number of aromatic nitrogens is 1. The fourth-order valence-corrected chi connectivity index (χ4v) is 3.59. The van der Waals surface area contributed by atoms with E-state index in [1.54, 1.807) is 24.4 Å². The molecule has 5 heteroatoms. The monoisotopic (exact) mass is 347 g/mol. The Balaban J connectivity index is 2.01. The van der Waals surface area contributed by atoms with Crippen molar-refractivity contribution < 1.29 is 4.79 Å². The lowest BCUT2D eigenvalue weighted by Crippen LogP contribution is -2.23. The molecule has 20 heavy (non-hydrogen) atoms. The van der Waals surface area contributed by atoms with Crippen molar-refractivity contribution in [1.82, 2.24) is 4.57 Å². The van der Waals surface area contributed by atoms with Gasteiger partial charge in [0, 0.05) is 11.8 Å². The fraction of sp³-hybridized carbons (Fsp3) is 0.0667. The van der Waals surface area contributed by atoms with E-state index in [4.69, 9.17) is 0 Å². The van der Waals surface area contributed by atoms with Crippen molar-refractivity contribution in [3.05, 3.63) is 68.4 Å². The van der Waals surface area contributed by atoms with Crippen LogP contribution in [0.25, 0.3) is 10.1 Å². The molecule has 0 saturated heterocycles. The van der Waals surface area contributed by atoms with Gasteiger partial charge in [-0.15, -0.1) is 11.3 Å². The molecular formula is C15H10BrNO2S. The number of carbonyl (C=O) groups is 1. The SMILES string of the molecule is O=C(Cn1cc(Br)c2sccc2c1=O)c1ccccc1. The van der Waals surface area contributed by atoms with E-state index in [1.165, 1.54) is 15.9 Å². The Kier molecular flexibility index (Phi) is 3.54. The van der Waals surface area contributed by atoms with Crippen LogP contribution < -0.4 is 5.56 Å². The predicted molar refractivity (Wildman–Crippen MR) is 84.6 cm³/mol. The van der Waals surface area contributed by atoms with E-state index in [0.717, 1.165) is 9.17 Å². The molecule has 100 valence electrons. The molecular weight excluding hydrogens is 338 g/mol. The zero-order valence-electron chi connectivity index (χ0n) is 10.4. The van der Waals surface area contributed by atoms with Crippen molar-refractivity contribution in [2.24, 2.45) is 0 Å².